The molecule has 0 radical (unpaired) electrons. The number of carbonyl (C=O) groups is 5. The van der Waals surface area contributed by atoms with Crippen molar-refractivity contribution >= 4 is 35.0 Å². The number of rotatable bonds is 6. The molecule has 1 saturated heterocycles. The third-order valence-corrected chi connectivity index (χ3v) is 13.1. The van der Waals surface area contributed by atoms with E-state index in [1.165, 1.54) is 46.3 Å². The molecule has 0 unspecified atom stereocenters. The van der Waals surface area contributed by atoms with Crippen LogP contribution in [0.25, 0.3) is 0 Å². The number of aromatic hydroxyl groups is 1. The van der Waals surface area contributed by atoms with Crippen molar-refractivity contribution in [3.8, 4) is 11.5 Å². The summed E-state index contributed by atoms with van der Waals surface area (Å²) in [5.74, 6) is -8.85. The van der Waals surface area contributed by atoms with Crippen molar-refractivity contribution in [3.63, 3.8) is 0 Å². The minimum Gasteiger partial charge on any atom is -0.507 e. The monoisotopic (exact) mass is 914 g/mol. The normalized spacial score (nSPS) is 30.4. The van der Waals surface area contributed by atoms with Crippen molar-refractivity contribution in [2.75, 3.05) is 52.4 Å². The van der Waals surface area contributed by atoms with Crippen molar-refractivity contribution in [1.82, 2.24) is 15.5 Å². The highest BCUT2D eigenvalue weighted by atomic mass is 16.7. The van der Waals surface area contributed by atoms with Gasteiger partial charge in [0.2, 0.25) is 11.6 Å². The van der Waals surface area contributed by atoms with Crippen LogP contribution in [-0.4, -0.2) is 127 Å². The van der Waals surface area contributed by atoms with Crippen molar-refractivity contribution < 1.29 is 63.0 Å². The van der Waals surface area contributed by atoms with Gasteiger partial charge in [-0.25, -0.2) is 4.79 Å². The molecular formula is C49H62N4O13. The van der Waals surface area contributed by atoms with Crippen LogP contribution < -0.4 is 20.3 Å². The van der Waals surface area contributed by atoms with Gasteiger partial charge in [-0.3, -0.25) is 19.2 Å². The van der Waals surface area contributed by atoms with Gasteiger partial charge in [-0.05, 0) is 37.6 Å². The van der Waals surface area contributed by atoms with E-state index in [0.29, 0.717) is 0 Å². The summed E-state index contributed by atoms with van der Waals surface area (Å²) in [7, 11) is 5.28. The van der Waals surface area contributed by atoms with Crippen LogP contribution >= 0.6 is 0 Å². The molecule has 17 nitrogen and oxygen atoms in total. The number of aliphatic hydroxyl groups excluding tert-OH is 2. The molecule has 7 rings (SSSR count). The molecule has 0 saturated carbocycles. The second kappa shape index (κ2) is 20.2. The lowest BCUT2D eigenvalue weighted by atomic mass is 9.78. The predicted octanol–water partition coefficient (Wildman–Crippen LogP) is 4.72. The second-order valence-electron chi connectivity index (χ2n) is 17.8. The van der Waals surface area contributed by atoms with Crippen LogP contribution in [-0.2, 0) is 30.3 Å². The molecule has 2 aromatic rings. The molecule has 5 N–H and O–H groups in total. The number of carbonyl (C=O) groups excluding carboxylic acids is 5. The number of nitrogens with zero attached hydrogens (tertiary/aromatic N) is 2. The number of methoxy groups -OCH3 is 1. The largest absolute Gasteiger partial charge is 0.507 e. The van der Waals surface area contributed by atoms with Gasteiger partial charge in [-0.15, -0.1) is 0 Å². The number of Topliss-reactive ketones (excluding diaryl/α,β-unsaturated/α-hetero) is 3. The van der Waals surface area contributed by atoms with Crippen LogP contribution in [0.3, 0.4) is 0 Å². The van der Waals surface area contributed by atoms with Gasteiger partial charge in [0.05, 0.1) is 54.5 Å². The number of fused-ring (bicyclic) bond motifs is 14. The summed E-state index contributed by atoms with van der Waals surface area (Å²) < 4.78 is 29.6. The van der Waals surface area contributed by atoms with Crippen molar-refractivity contribution in [2.24, 2.45) is 23.7 Å². The molecule has 4 heterocycles. The van der Waals surface area contributed by atoms with E-state index in [2.05, 4.69) is 10.6 Å². The van der Waals surface area contributed by atoms with Gasteiger partial charge in [-0.2, -0.15) is 0 Å². The Morgan fingerprint density at radius 1 is 0.924 bits per heavy atom. The number of phenolic OH excluding ortho intramolecular Hbond substituents is 1. The van der Waals surface area contributed by atoms with Crippen molar-refractivity contribution in [1.29, 1.82) is 0 Å². The molecule has 66 heavy (non-hydrogen) atoms. The SMILES string of the molecule is CO[C@H]1/C=C/O[C@@]2(C)Oc3c(C)c(O)c4c(c3C2=O)C(=O)C(N2CCOCC2)=C(NC(=O)/C(C)=C\C=C\[C@H](C)[C@H](O)[C@@H](C)[C@@H](O)[C@@H](C)[C@H](OC(=O)NCc2ccc(N(C)C)cc2)[C@@H]1C)C4=O. The number of ether oxygens (including phenoxy) is 5. The second-order valence-corrected chi connectivity index (χ2v) is 17.8. The molecule has 0 aromatic heterocycles. The van der Waals surface area contributed by atoms with E-state index >= 15 is 0 Å². The lowest BCUT2D eigenvalue weighted by Crippen LogP contribution is -2.47. The Balaban J connectivity index is 1.40. The number of hydrogen-bond donors (Lipinski definition) is 5. The summed E-state index contributed by atoms with van der Waals surface area (Å²) in [5.41, 5.74) is 0.284. The maximum atomic E-state index is 14.8. The van der Waals surface area contributed by atoms with E-state index < -0.39 is 94.5 Å². The molecule has 0 spiro atoms. The number of aliphatic hydroxyl groups is 2. The van der Waals surface area contributed by atoms with Crippen LogP contribution in [0.4, 0.5) is 10.5 Å². The third kappa shape index (κ3) is 9.75. The molecule has 1 aliphatic carbocycles. The maximum absolute atomic E-state index is 14.8. The molecule has 17 heteroatoms. The predicted molar refractivity (Wildman–Crippen MR) is 243 cm³/mol. The molecule has 1 fully saturated rings. The first-order valence-corrected chi connectivity index (χ1v) is 22.1. The first-order valence-electron chi connectivity index (χ1n) is 22.1. The number of ketones is 3. The highest BCUT2D eigenvalue weighted by molar-refractivity contribution is 6.32. The molecule has 2 amide bonds. The van der Waals surface area contributed by atoms with Crippen molar-refractivity contribution in [3.05, 3.63) is 99.6 Å². The summed E-state index contributed by atoms with van der Waals surface area (Å²) in [4.78, 5) is 74.7. The quantitative estimate of drug-likeness (QED) is 0.265. The van der Waals surface area contributed by atoms with Crippen LogP contribution in [0.5, 0.6) is 11.5 Å². The zero-order chi connectivity index (χ0) is 48.4. The maximum Gasteiger partial charge on any atom is 0.407 e. The number of anilines is 1. The van der Waals surface area contributed by atoms with Gasteiger partial charge in [0, 0.05) is 88.3 Å². The first-order chi connectivity index (χ1) is 31.2. The number of alkyl carbamates (subject to hydrolysis) is 1. The van der Waals surface area contributed by atoms with Gasteiger partial charge < -0.3 is 59.4 Å². The average molecular weight is 915 g/mol. The zero-order valence-corrected chi connectivity index (χ0v) is 39.2. The van der Waals surface area contributed by atoms with Crippen molar-refractivity contribution in [2.45, 2.75) is 85.2 Å². The van der Waals surface area contributed by atoms with Crippen LogP contribution in [0.15, 0.2) is 71.8 Å². The highest BCUT2D eigenvalue weighted by Gasteiger charge is 2.53. The topological polar surface area (TPSA) is 223 Å². The molecular weight excluding hydrogens is 853 g/mol. The number of benzene rings is 2. The Morgan fingerprint density at radius 2 is 1.59 bits per heavy atom. The molecule has 5 aliphatic rings. The Labute approximate surface area is 385 Å². The standard InChI is InChI=1S/C49H62N4O13/c1-25-12-11-13-26(2)47(60)51-37-38(53-19-22-63-23-20-53)43(58)34-35(42(37)57)41(56)30(6)45-36(34)46(59)49(7,66-45)64-21-18-33(62-10)27(3)44(29(5)40(55)28(4)39(25)54)65-48(61)50-24-31-14-16-32(17-15-31)52(8)9/h11-18,21,25,27-29,33,39-40,44,54-56H,19-20,22-24H2,1-10H3,(H,50,61)(H,51,60)/b12-11+,21-18+,26-13-/t25-,27+,28+,29+,33-,39-,40+,44+,49-/m0/s1. The Bertz CT molecular complexity index is 2350. The lowest BCUT2D eigenvalue weighted by Gasteiger charge is -2.38. The highest BCUT2D eigenvalue weighted by Crippen LogP contribution is 2.49. The number of amides is 2. The lowest BCUT2D eigenvalue weighted by molar-refractivity contribution is -0.116. The fourth-order valence-electron chi connectivity index (χ4n) is 8.82. The van der Waals surface area contributed by atoms with E-state index in [1.54, 1.807) is 44.7 Å². The fraction of sp³-hybridized carbons (Fsp3) is 0.490. The number of hydrogen-bond acceptors (Lipinski definition) is 15. The van der Waals surface area contributed by atoms with Gasteiger partial charge in [0.25, 0.3) is 11.7 Å². The summed E-state index contributed by atoms with van der Waals surface area (Å²) in [6.07, 6.45) is 2.40. The van der Waals surface area contributed by atoms with Gasteiger partial charge in [0.15, 0.2) is 0 Å². The number of morpholine rings is 1. The molecule has 2 aromatic carbocycles. The van der Waals surface area contributed by atoms with Crippen LogP contribution in [0, 0.1) is 30.6 Å². The summed E-state index contributed by atoms with van der Waals surface area (Å²) in [5, 5.41) is 40.4. The Morgan fingerprint density at radius 3 is 2.23 bits per heavy atom. The molecule has 356 valence electrons. The van der Waals surface area contributed by atoms with E-state index in [4.69, 9.17) is 23.7 Å². The minimum atomic E-state index is -2.11. The number of nitrogens with one attached hydrogen (secondary N) is 2. The zero-order valence-electron chi connectivity index (χ0n) is 39.2. The van der Waals surface area contributed by atoms with E-state index in [9.17, 15) is 39.3 Å². The van der Waals surface area contributed by atoms with Crippen LogP contribution in [0.1, 0.15) is 83.7 Å². The first kappa shape index (κ1) is 49.4. The van der Waals surface area contributed by atoms with E-state index in [-0.39, 0.29) is 72.3 Å². The minimum absolute atomic E-state index is 0.00731. The molecule has 5 bridgehead atoms. The Kier molecular flexibility index (Phi) is 15.2. The smallest absolute Gasteiger partial charge is 0.407 e. The van der Waals surface area contributed by atoms with Gasteiger partial charge >= 0.3 is 11.9 Å². The van der Waals surface area contributed by atoms with E-state index in [0.717, 1.165) is 11.3 Å². The van der Waals surface area contributed by atoms with E-state index in [1.807, 2.05) is 43.3 Å². The summed E-state index contributed by atoms with van der Waals surface area (Å²) in [6.45, 7) is 12.1. The average Bonchev–Trinajstić information content (AvgIpc) is 3.56. The van der Waals surface area contributed by atoms with Crippen LogP contribution in [0.2, 0.25) is 0 Å². The fourth-order valence-corrected chi connectivity index (χ4v) is 8.82. The molecule has 4 aliphatic heterocycles. The summed E-state index contributed by atoms with van der Waals surface area (Å²) in [6, 6.07) is 7.62. The number of allylic oxidation sites excluding steroid dienone is 4. The third-order valence-electron chi connectivity index (χ3n) is 13.1. The van der Waals surface area contributed by atoms with Gasteiger partial charge in [-0.1, -0.05) is 58.1 Å². The molecule has 9 atom stereocenters. The number of phenols is 1. The Hall–Kier alpha value is -6.01. The van der Waals surface area contributed by atoms with Gasteiger partial charge in [0.1, 0.15) is 29.0 Å². The summed E-state index contributed by atoms with van der Waals surface area (Å²) >= 11 is 0.